The Kier molecular flexibility index (Phi) is 3.53. The minimum Gasteiger partial charge on any atom is -0.406 e. The van der Waals surface area contributed by atoms with Gasteiger partial charge >= 0.3 is 6.36 Å². The van der Waals surface area contributed by atoms with Crippen LogP contribution in [0.2, 0.25) is 5.02 Å². The number of aromatic nitrogens is 1. The van der Waals surface area contributed by atoms with Gasteiger partial charge in [-0.25, -0.2) is 0 Å². The van der Waals surface area contributed by atoms with Crippen molar-refractivity contribution in [2.75, 3.05) is 0 Å². The van der Waals surface area contributed by atoms with E-state index in [1.165, 1.54) is 18.2 Å². The molecule has 1 heterocycles. The number of ether oxygens (including phenoxy) is 1. The van der Waals surface area contributed by atoms with Crippen LogP contribution in [0.4, 0.5) is 13.2 Å². The van der Waals surface area contributed by atoms with E-state index >= 15 is 0 Å². The fourth-order valence-electron chi connectivity index (χ4n) is 2.45. The monoisotopic (exact) mass is 325 g/mol. The topological polar surface area (TPSA) is 14.2 Å². The lowest BCUT2D eigenvalue weighted by atomic mass is 10.1. The third-order valence-corrected chi connectivity index (χ3v) is 3.60. The molecule has 22 heavy (non-hydrogen) atoms. The van der Waals surface area contributed by atoms with Gasteiger partial charge in [0.25, 0.3) is 0 Å². The molecule has 0 saturated heterocycles. The lowest BCUT2D eigenvalue weighted by Gasteiger charge is -2.10. The maximum atomic E-state index is 12.3. The Labute approximate surface area is 129 Å². The summed E-state index contributed by atoms with van der Waals surface area (Å²) in [6.07, 6.45) is -4.70. The first-order valence-electron chi connectivity index (χ1n) is 6.45. The molecule has 0 amide bonds. The van der Waals surface area contributed by atoms with Gasteiger partial charge in [-0.3, -0.25) is 0 Å². The summed E-state index contributed by atoms with van der Waals surface area (Å²) in [5.41, 5.74) is 2.36. The molecule has 2 aromatic carbocycles. The molecule has 0 bridgehead atoms. The van der Waals surface area contributed by atoms with Crippen LogP contribution >= 0.6 is 11.6 Å². The van der Waals surface area contributed by atoms with E-state index in [-0.39, 0.29) is 5.75 Å². The van der Waals surface area contributed by atoms with E-state index in [2.05, 4.69) is 4.74 Å². The van der Waals surface area contributed by atoms with Gasteiger partial charge < -0.3 is 9.30 Å². The van der Waals surface area contributed by atoms with E-state index in [9.17, 15) is 13.2 Å². The maximum absolute atomic E-state index is 12.3. The zero-order chi connectivity index (χ0) is 15.9. The van der Waals surface area contributed by atoms with Crippen molar-refractivity contribution in [1.82, 2.24) is 4.57 Å². The first-order chi connectivity index (χ1) is 10.3. The maximum Gasteiger partial charge on any atom is 0.573 e. The summed E-state index contributed by atoms with van der Waals surface area (Å²) >= 11 is 5.97. The van der Waals surface area contributed by atoms with Gasteiger partial charge in [0.15, 0.2) is 0 Å². The van der Waals surface area contributed by atoms with E-state index in [1.54, 1.807) is 12.1 Å². The molecule has 0 aliphatic rings. The zero-order valence-electron chi connectivity index (χ0n) is 11.5. The molecular weight excluding hydrogens is 315 g/mol. The van der Waals surface area contributed by atoms with Gasteiger partial charge in [-0.1, -0.05) is 23.7 Å². The van der Waals surface area contributed by atoms with Crippen molar-refractivity contribution in [2.45, 2.75) is 6.36 Å². The molecular formula is C16H11ClF3NO. The SMILES string of the molecule is Cn1c(-c2cccc(OC(F)(F)F)c2)cc2cc(Cl)ccc21. The Morgan fingerprint density at radius 2 is 1.82 bits per heavy atom. The number of rotatable bonds is 2. The highest BCUT2D eigenvalue weighted by molar-refractivity contribution is 6.31. The molecule has 3 rings (SSSR count). The first-order valence-corrected chi connectivity index (χ1v) is 6.82. The van der Waals surface area contributed by atoms with Crippen molar-refractivity contribution in [2.24, 2.45) is 7.05 Å². The van der Waals surface area contributed by atoms with Crippen molar-refractivity contribution >= 4 is 22.5 Å². The fourth-order valence-corrected chi connectivity index (χ4v) is 2.63. The lowest BCUT2D eigenvalue weighted by Crippen LogP contribution is -2.17. The number of halogens is 4. The van der Waals surface area contributed by atoms with Crippen molar-refractivity contribution < 1.29 is 17.9 Å². The fraction of sp³-hybridized carbons (Fsp3) is 0.125. The third kappa shape index (κ3) is 2.90. The van der Waals surface area contributed by atoms with E-state index in [4.69, 9.17) is 11.6 Å². The van der Waals surface area contributed by atoms with Crippen molar-refractivity contribution in [3.63, 3.8) is 0 Å². The Morgan fingerprint density at radius 1 is 1.05 bits per heavy atom. The zero-order valence-corrected chi connectivity index (χ0v) is 12.2. The lowest BCUT2D eigenvalue weighted by molar-refractivity contribution is -0.274. The first kappa shape index (κ1) is 14.8. The van der Waals surface area contributed by atoms with Crippen LogP contribution in [-0.4, -0.2) is 10.9 Å². The van der Waals surface area contributed by atoms with Crippen LogP contribution in [0.1, 0.15) is 0 Å². The van der Waals surface area contributed by atoms with Crippen molar-refractivity contribution in [3.05, 3.63) is 53.6 Å². The predicted molar refractivity (Wildman–Crippen MR) is 80.0 cm³/mol. The second kappa shape index (κ2) is 5.25. The second-order valence-electron chi connectivity index (χ2n) is 4.87. The average Bonchev–Trinajstić information content (AvgIpc) is 2.74. The number of alkyl halides is 3. The predicted octanol–water partition coefficient (Wildman–Crippen LogP) is 5.40. The molecule has 0 aliphatic carbocycles. The molecule has 0 radical (unpaired) electrons. The summed E-state index contributed by atoms with van der Waals surface area (Å²) < 4.78 is 42.8. The molecule has 1 aromatic heterocycles. The summed E-state index contributed by atoms with van der Waals surface area (Å²) in [5, 5.41) is 1.53. The minimum atomic E-state index is -4.70. The molecule has 0 N–H and O–H groups in total. The minimum absolute atomic E-state index is 0.242. The van der Waals surface area contributed by atoms with Crippen LogP contribution in [0.15, 0.2) is 48.5 Å². The summed E-state index contributed by atoms with van der Waals surface area (Å²) in [5.74, 6) is -0.242. The largest absolute Gasteiger partial charge is 0.573 e. The standard InChI is InChI=1S/C16H11ClF3NO/c1-21-14-6-5-12(17)7-11(14)9-15(21)10-3-2-4-13(8-10)22-16(18,19)20/h2-9H,1H3. The quantitative estimate of drug-likeness (QED) is 0.615. The van der Waals surface area contributed by atoms with E-state index < -0.39 is 6.36 Å². The van der Waals surface area contributed by atoms with Crippen LogP contribution in [0, 0.1) is 0 Å². The van der Waals surface area contributed by atoms with Gasteiger partial charge in [-0.2, -0.15) is 0 Å². The Balaban J connectivity index is 2.08. The number of nitrogens with zero attached hydrogens (tertiary/aromatic N) is 1. The highest BCUT2D eigenvalue weighted by Gasteiger charge is 2.31. The van der Waals surface area contributed by atoms with Crippen LogP contribution < -0.4 is 4.74 Å². The van der Waals surface area contributed by atoms with E-state index in [0.717, 1.165) is 16.6 Å². The molecule has 0 atom stereocenters. The summed E-state index contributed by atoms with van der Waals surface area (Å²) in [4.78, 5) is 0. The van der Waals surface area contributed by atoms with Crippen LogP contribution in [0.25, 0.3) is 22.2 Å². The molecule has 0 saturated carbocycles. The van der Waals surface area contributed by atoms with Gasteiger partial charge in [0.05, 0.1) is 0 Å². The smallest absolute Gasteiger partial charge is 0.406 e. The molecule has 0 spiro atoms. The van der Waals surface area contributed by atoms with Gasteiger partial charge in [-0.05, 0) is 36.4 Å². The Morgan fingerprint density at radius 3 is 2.55 bits per heavy atom. The van der Waals surface area contributed by atoms with Crippen LogP contribution in [0.5, 0.6) is 5.75 Å². The van der Waals surface area contributed by atoms with Gasteiger partial charge in [0.2, 0.25) is 0 Å². The summed E-state index contributed by atoms with van der Waals surface area (Å²) in [7, 11) is 1.85. The average molecular weight is 326 g/mol. The highest BCUT2D eigenvalue weighted by Crippen LogP contribution is 2.32. The second-order valence-corrected chi connectivity index (χ2v) is 5.30. The van der Waals surface area contributed by atoms with E-state index in [1.807, 2.05) is 29.8 Å². The Bertz CT molecular complexity index is 839. The molecule has 6 heteroatoms. The van der Waals surface area contributed by atoms with Gasteiger partial charge in [0.1, 0.15) is 5.75 Å². The number of benzene rings is 2. The van der Waals surface area contributed by atoms with Crippen LogP contribution in [-0.2, 0) is 7.05 Å². The highest BCUT2D eigenvalue weighted by atomic mass is 35.5. The number of hydrogen-bond donors (Lipinski definition) is 0. The van der Waals surface area contributed by atoms with Crippen molar-refractivity contribution in [1.29, 1.82) is 0 Å². The molecule has 0 fully saturated rings. The number of fused-ring (bicyclic) bond motifs is 1. The number of aryl methyl sites for hydroxylation is 1. The molecule has 3 aromatic rings. The molecule has 2 nitrogen and oxygen atoms in total. The third-order valence-electron chi connectivity index (χ3n) is 3.37. The normalized spacial score (nSPS) is 11.9. The summed E-state index contributed by atoms with van der Waals surface area (Å²) in [6, 6.07) is 13.2. The summed E-state index contributed by atoms with van der Waals surface area (Å²) in [6.45, 7) is 0. The van der Waals surface area contributed by atoms with Gasteiger partial charge in [-0.15, -0.1) is 13.2 Å². The molecule has 114 valence electrons. The van der Waals surface area contributed by atoms with E-state index in [0.29, 0.717) is 10.6 Å². The van der Waals surface area contributed by atoms with Gasteiger partial charge in [0, 0.05) is 34.2 Å². The Hall–Kier alpha value is -2.14. The molecule has 0 aliphatic heterocycles. The van der Waals surface area contributed by atoms with Crippen LogP contribution in [0.3, 0.4) is 0 Å². The molecule has 0 unspecified atom stereocenters. The van der Waals surface area contributed by atoms with Crippen molar-refractivity contribution in [3.8, 4) is 17.0 Å². The number of hydrogen-bond acceptors (Lipinski definition) is 1.